The number of nitro benzene ring substituents is 1. The number of nitro groups is 1. The highest BCUT2D eigenvalue weighted by molar-refractivity contribution is 5.92. The van der Waals surface area contributed by atoms with Crippen LogP contribution in [-0.4, -0.2) is 53.5 Å². The van der Waals surface area contributed by atoms with Gasteiger partial charge in [0.2, 0.25) is 5.95 Å². The quantitative estimate of drug-likeness (QED) is 0.578. The third-order valence-electron chi connectivity index (χ3n) is 4.41. The van der Waals surface area contributed by atoms with Crippen LogP contribution in [0.5, 0.6) is 0 Å². The molecule has 0 radical (unpaired) electrons. The van der Waals surface area contributed by atoms with E-state index in [1.54, 1.807) is 31.5 Å². The standard InChI is InChI=1S/C17H20N6O3/c1-13-11-14(23(25)26)3-4-15(13)20-16(24)12-21-7-9-22(10-8-21)17-18-5-2-6-19-17/h2-6,11H,7-10,12H2,1H3,(H,20,24)/p+1. The molecule has 0 atom stereocenters. The zero-order valence-corrected chi connectivity index (χ0v) is 14.5. The van der Waals surface area contributed by atoms with Crippen molar-refractivity contribution in [3.05, 3.63) is 52.3 Å². The molecular formula is C17H21N6O3+. The number of rotatable bonds is 5. The summed E-state index contributed by atoms with van der Waals surface area (Å²) in [7, 11) is 0. The third-order valence-corrected chi connectivity index (χ3v) is 4.41. The molecule has 1 aromatic heterocycles. The fourth-order valence-electron chi connectivity index (χ4n) is 2.98. The molecule has 1 fully saturated rings. The van der Waals surface area contributed by atoms with Crippen LogP contribution in [0.4, 0.5) is 17.3 Å². The van der Waals surface area contributed by atoms with Gasteiger partial charge in [-0.15, -0.1) is 0 Å². The monoisotopic (exact) mass is 357 g/mol. The van der Waals surface area contributed by atoms with Crippen molar-refractivity contribution >= 4 is 23.2 Å². The third kappa shape index (κ3) is 4.31. The van der Waals surface area contributed by atoms with E-state index in [0.717, 1.165) is 32.1 Å². The first-order valence-corrected chi connectivity index (χ1v) is 8.43. The summed E-state index contributed by atoms with van der Waals surface area (Å²) in [6.45, 7) is 5.34. The molecule has 2 heterocycles. The predicted molar refractivity (Wildman–Crippen MR) is 96.3 cm³/mol. The van der Waals surface area contributed by atoms with Gasteiger partial charge in [-0.05, 0) is 24.6 Å². The SMILES string of the molecule is Cc1cc([N+](=O)[O-])ccc1NC(=O)C[NH+]1CCN(c2ncccn2)CC1. The first-order chi connectivity index (χ1) is 12.5. The molecule has 1 saturated heterocycles. The summed E-state index contributed by atoms with van der Waals surface area (Å²) in [6.07, 6.45) is 3.45. The Kier molecular flexibility index (Phi) is 5.37. The average molecular weight is 357 g/mol. The molecule has 1 amide bonds. The summed E-state index contributed by atoms with van der Waals surface area (Å²) in [5.41, 5.74) is 1.30. The fraction of sp³-hybridized carbons (Fsp3) is 0.353. The molecule has 1 aliphatic heterocycles. The molecule has 26 heavy (non-hydrogen) atoms. The van der Waals surface area contributed by atoms with Crippen molar-refractivity contribution in [2.75, 3.05) is 42.9 Å². The highest BCUT2D eigenvalue weighted by atomic mass is 16.6. The molecule has 0 spiro atoms. The molecule has 2 aromatic rings. The topological polar surface area (TPSA) is 106 Å². The van der Waals surface area contributed by atoms with E-state index in [0.29, 0.717) is 17.8 Å². The van der Waals surface area contributed by atoms with Crippen LogP contribution in [-0.2, 0) is 4.79 Å². The van der Waals surface area contributed by atoms with E-state index in [9.17, 15) is 14.9 Å². The number of nitrogens with one attached hydrogen (secondary N) is 2. The van der Waals surface area contributed by atoms with Crippen LogP contribution in [0.25, 0.3) is 0 Å². The smallest absolute Gasteiger partial charge is 0.279 e. The Morgan fingerprint density at radius 3 is 2.62 bits per heavy atom. The van der Waals surface area contributed by atoms with Gasteiger partial charge >= 0.3 is 0 Å². The van der Waals surface area contributed by atoms with Crippen LogP contribution >= 0.6 is 0 Å². The number of anilines is 2. The molecule has 1 aromatic carbocycles. The van der Waals surface area contributed by atoms with E-state index in [2.05, 4.69) is 20.2 Å². The molecule has 0 unspecified atom stereocenters. The first-order valence-electron chi connectivity index (χ1n) is 8.43. The second-order valence-corrected chi connectivity index (χ2v) is 6.27. The molecular weight excluding hydrogens is 336 g/mol. The predicted octanol–water partition coefficient (Wildman–Crippen LogP) is 0.0368. The van der Waals surface area contributed by atoms with Gasteiger partial charge in [0, 0.05) is 30.2 Å². The highest BCUT2D eigenvalue weighted by Gasteiger charge is 2.23. The van der Waals surface area contributed by atoms with Gasteiger partial charge in [-0.2, -0.15) is 0 Å². The maximum Gasteiger partial charge on any atom is 0.279 e. The molecule has 1 aliphatic rings. The summed E-state index contributed by atoms with van der Waals surface area (Å²) in [4.78, 5) is 34.4. The summed E-state index contributed by atoms with van der Waals surface area (Å²) < 4.78 is 0. The molecule has 0 saturated carbocycles. The summed E-state index contributed by atoms with van der Waals surface area (Å²) in [5.74, 6) is 0.624. The van der Waals surface area contributed by atoms with Crippen LogP contribution < -0.4 is 15.1 Å². The lowest BCUT2D eigenvalue weighted by Crippen LogP contribution is -3.15. The number of quaternary nitrogens is 1. The number of carbonyl (C=O) groups excluding carboxylic acids is 1. The van der Waals surface area contributed by atoms with Crippen molar-refractivity contribution in [2.45, 2.75) is 6.92 Å². The molecule has 9 nitrogen and oxygen atoms in total. The van der Waals surface area contributed by atoms with E-state index in [1.165, 1.54) is 17.0 Å². The number of piperazine rings is 1. The van der Waals surface area contributed by atoms with Gasteiger partial charge in [0.1, 0.15) is 0 Å². The fourth-order valence-corrected chi connectivity index (χ4v) is 2.98. The van der Waals surface area contributed by atoms with E-state index >= 15 is 0 Å². The minimum absolute atomic E-state index is 0.0189. The number of amides is 1. The van der Waals surface area contributed by atoms with E-state index in [4.69, 9.17) is 0 Å². The van der Waals surface area contributed by atoms with Crippen LogP contribution in [0, 0.1) is 17.0 Å². The number of aryl methyl sites for hydroxylation is 1. The van der Waals surface area contributed by atoms with E-state index < -0.39 is 4.92 Å². The van der Waals surface area contributed by atoms with E-state index in [1.807, 2.05) is 0 Å². The molecule has 136 valence electrons. The molecule has 2 N–H and O–H groups in total. The van der Waals surface area contributed by atoms with Crippen molar-refractivity contribution in [1.29, 1.82) is 0 Å². The van der Waals surface area contributed by atoms with Crippen LogP contribution in [0.1, 0.15) is 5.56 Å². The zero-order chi connectivity index (χ0) is 18.5. The van der Waals surface area contributed by atoms with Gasteiger partial charge in [0.25, 0.3) is 11.6 Å². The van der Waals surface area contributed by atoms with Crippen molar-refractivity contribution < 1.29 is 14.6 Å². The highest BCUT2D eigenvalue weighted by Crippen LogP contribution is 2.20. The maximum absolute atomic E-state index is 12.3. The van der Waals surface area contributed by atoms with Crippen molar-refractivity contribution in [3.63, 3.8) is 0 Å². The molecule has 3 rings (SSSR count). The summed E-state index contributed by atoms with van der Waals surface area (Å²) in [6, 6.07) is 6.22. The Morgan fingerprint density at radius 2 is 2.00 bits per heavy atom. The van der Waals surface area contributed by atoms with Gasteiger partial charge in [0.05, 0.1) is 31.1 Å². The zero-order valence-electron chi connectivity index (χ0n) is 14.5. The number of benzene rings is 1. The first kappa shape index (κ1) is 17.7. The minimum atomic E-state index is -0.446. The second kappa shape index (κ2) is 7.87. The Balaban J connectivity index is 1.51. The summed E-state index contributed by atoms with van der Waals surface area (Å²) >= 11 is 0. The van der Waals surface area contributed by atoms with Crippen molar-refractivity contribution in [1.82, 2.24) is 9.97 Å². The van der Waals surface area contributed by atoms with Gasteiger partial charge < -0.3 is 15.1 Å². The number of non-ortho nitro benzene ring substituents is 1. The number of nitrogens with zero attached hydrogens (tertiary/aromatic N) is 4. The summed E-state index contributed by atoms with van der Waals surface area (Å²) in [5, 5.41) is 13.6. The van der Waals surface area contributed by atoms with Gasteiger partial charge in [-0.3, -0.25) is 14.9 Å². The molecule has 9 heteroatoms. The number of carbonyl (C=O) groups is 1. The molecule has 0 aliphatic carbocycles. The van der Waals surface area contributed by atoms with Crippen molar-refractivity contribution in [3.8, 4) is 0 Å². The molecule has 0 bridgehead atoms. The lowest BCUT2D eigenvalue weighted by Gasteiger charge is -2.31. The van der Waals surface area contributed by atoms with Crippen LogP contribution in [0.15, 0.2) is 36.7 Å². The Hall–Kier alpha value is -3.07. The van der Waals surface area contributed by atoms with Crippen molar-refractivity contribution in [2.24, 2.45) is 0 Å². The van der Waals surface area contributed by atoms with Gasteiger partial charge in [-0.1, -0.05) is 0 Å². The van der Waals surface area contributed by atoms with Gasteiger partial charge in [-0.25, -0.2) is 9.97 Å². The Labute approximate surface area is 150 Å². The number of hydrogen-bond acceptors (Lipinski definition) is 6. The van der Waals surface area contributed by atoms with E-state index in [-0.39, 0.29) is 11.6 Å². The Morgan fingerprint density at radius 1 is 1.31 bits per heavy atom. The van der Waals surface area contributed by atoms with Gasteiger partial charge in [0.15, 0.2) is 6.54 Å². The largest absolute Gasteiger partial charge is 0.330 e. The Bertz CT molecular complexity index is 790. The maximum atomic E-state index is 12.3. The lowest BCUT2D eigenvalue weighted by molar-refractivity contribution is -0.892. The van der Waals surface area contributed by atoms with Crippen LogP contribution in [0.2, 0.25) is 0 Å². The number of hydrogen-bond donors (Lipinski definition) is 2. The average Bonchev–Trinajstić information content (AvgIpc) is 2.64. The second-order valence-electron chi connectivity index (χ2n) is 6.27. The number of aromatic nitrogens is 2. The lowest BCUT2D eigenvalue weighted by atomic mass is 10.2. The van der Waals surface area contributed by atoms with Crippen LogP contribution in [0.3, 0.4) is 0 Å². The minimum Gasteiger partial charge on any atom is -0.330 e. The normalized spacial score (nSPS) is 14.9.